The van der Waals surface area contributed by atoms with Gasteiger partial charge in [-0.15, -0.1) is 4.52 Å². The minimum absolute atomic E-state index is 0.0255. The summed E-state index contributed by atoms with van der Waals surface area (Å²) in [4.78, 5) is 63.1. The minimum atomic E-state index is -3.97. The first-order valence-corrected chi connectivity index (χ1v) is 28.3. The number of fused-ring (bicyclic) bond motifs is 2. The molecule has 3 unspecified atom stereocenters. The summed E-state index contributed by atoms with van der Waals surface area (Å²) in [6.45, 7) is 10.9. The molecule has 68 heavy (non-hydrogen) atoms. The molecule has 0 saturated carbocycles. The number of carbonyl (C=O) groups is 1. The van der Waals surface area contributed by atoms with Gasteiger partial charge in [0.05, 0.1) is 57.7 Å². The van der Waals surface area contributed by atoms with Gasteiger partial charge in [-0.1, -0.05) is 59.7 Å². The van der Waals surface area contributed by atoms with E-state index in [1.807, 2.05) is 19.9 Å². The number of anilines is 2. The van der Waals surface area contributed by atoms with Crippen LogP contribution in [-0.4, -0.2) is 116 Å². The van der Waals surface area contributed by atoms with Crippen molar-refractivity contribution < 1.29 is 51.4 Å². The van der Waals surface area contributed by atoms with E-state index < -0.39 is 91.3 Å². The van der Waals surface area contributed by atoms with Crippen LogP contribution in [0.15, 0.2) is 54.1 Å². The number of benzene rings is 1. The molecule has 0 aliphatic carbocycles. The van der Waals surface area contributed by atoms with Crippen LogP contribution in [-0.2, 0) is 48.4 Å². The zero-order valence-electron chi connectivity index (χ0n) is 38.9. The molecule has 5 heterocycles. The Morgan fingerprint density at radius 2 is 1.84 bits per heavy atom. The van der Waals surface area contributed by atoms with Crippen LogP contribution in [0, 0.1) is 23.2 Å². The molecule has 1 aliphatic rings. The van der Waals surface area contributed by atoms with E-state index in [4.69, 9.17) is 43.8 Å². The maximum atomic E-state index is 13.2. The van der Waals surface area contributed by atoms with Crippen molar-refractivity contribution in [2.75, 3.05) is 50.2 Å². The maximum Gasteiger partial charge on any atom is 0.488 e. The summed E-state index contributed by atoms with van der Waals surface area (Å²) in [6.07, 6.45) is -1.18. The van der Waals surface area contributed by atoms with Gasteiger partial charge in [-0.2, -0.15) is 10.2 Å². The molecule has 5 aromatic rings. The van der Waals surface area contributed by atoms with Gasteiger partial charge >= 0.3 is 15.0 Å². The summed E-state index contributed by atoms with van der Waals surface area (Å²) in [6, 6.07) is 10.6. The van der Waals surface area contributed by atoms with Crippen molar-refractivity contribution in [3.63, 3.8) is 0 Å². The number of carbonyl (C=O) groups excluding carboxylic acids is 1. The minimum Gasteiger partial charge on any atom is -0.566 e. The second-order valence-corrected chi connectivity index (χ2v) is 26.3. The lowest BCUT2D eigenvalue weighted by Gasteiger charge is -2.37. The van der Waals surface area contributed by atoms with Crippen molar-refractivity contribution in [2.45, 2.75) is 96.9 Å². The quantitative estimate of drug-likeness (QED) is 0.0346. The number of hydrogen-bond acceptors (Lipinski definition) is 20. The highest BCUT2D eigenvalue weighted by Gasteiger charge is 2.48. The lowest BCUT2D eigenvalue weighted by atomic mass is 10.0. The summed E-state index contributed by atoms with van der Waals surface area (Å²) < 4.78 is 58.6. The summed E-state index contributed by atoms with van der Waals surface area (Å²) >= 11 is 6.00. The predicted octanol–water partition coefficient (Wildman–Crippen LogP) is 5.30. The zero-order valence-corrected chi connectivity index (χ0v) is 42.5. The summed E-state index contributed by atoms with van der Waals surface area (Å²) in [5.74, 6) is -0.406. The molecule has 4 aromatic heterocycles. The Morgan fingerprint density at radius 1 is 1.10 bits per heavy atom. The third kappa shape index (κ3) is 13.0. The molecule has 0 spiro atoms. The molecule has 27 heteroatoms. The highest BCUT2D eigenvalue weighted by Crippen LogP contribution is 2.55. The van der Waals surface area contributed by atoms with E-state index in [-0.39, 0.29) is 64.7 Å². The molecule has 1 amide bonds. The van der Waals surface area contributed by atoms with E-state index in [0.717, 1.165) is 0 Å². The molecule has 1 fully saturated rings. The van der Waals surface area contributed by atoms with Gasteiger partial charge in [0.1, 0.15) is 25.1 Å². The number of aromatic amines is 1. The van der Waals surface area contributed by atoms with Crippen LogP contribution in [0.4, 0.5) is 11.8 Å². The molecule has 1 aromatic carbocycles. The second kappa shape index (κ2) is 22.9. The number of ether oxygens (including phenoxy) is 2. The molecule has 1 aliphatic heterocycles. The molecule has 0 radical (unpaired) electrons. The Kier molecular flexibility index (Phi) is 17.8. The summed E-state index contributed by atoms with van der Waals surface area (Å²) in [7, 11) is -5.85. The van der Waals surface area contributed by atoms with Gasteiger partial charge in [0.15, 0.2) is 48.9 Å². The fourth-order valence-corrected chi connectivity index (χ4v) is 10.1. The number of nitrogens with zero attached hydrogens (tertiary/aromatic N) is 8. The molecule has 6 rings (SSSR count). The Hall–Kier alpha value is -4.51. The molecule has 4 N–H and O–H groups in total. The molecule has 368 valence electrons. The van der Waals surface area contributed by atoms with Crippen molar-refractivity contribution in [3.05, 3.63) is 65.2 Å². The number of H-pyrrole nitrogens is 1. The van der Waals surface area contributed by atoms with Crippen LogP contribution < -0.4 is 21.1 Å². The van der Waals surface area contributed by atoms with E-state index in [0.29, 0.717) is 12.1 Å². The lowest BCUT2D eigenvalue weighted by Crippen LogP contribution is -2.43. The van der Waals surface area contributed by atoms with Gasteiger partial charge in [0.25, 0.3) is 11.5 Å². The van der Waals surface area contributed by atoms with Gasteiger partial charge < -0.3 is 48.1 Å². The first kappa shape index (κ1) is 52.9. The van der Waals surface area contributed by atoms with Crippen LogP contribution >= 0.6 is 15.0 Å². The third-order valence-corrected chi connectivity index (χ3v) is 18.7. The zero-order chi connectivity index (χ0) is 49.4. The highest BCUT2D eigenvalue weighted by atomic mass is 32.5. The van der Waals surface area contributed by atoms with E-state index in [1.165, 1.54) is 23.5 Å². The molecule has 23 nitrogen and oxygen atoms in total. The van der Waals surface area contributed by atoms with E-state index >= 15 is 0 Å². The normalized spacial score (nSPS) is 19.8. The van der Waals surface area contributed by atoms with Crippen molar-refractivity contribution in [1.82, 2.24) is 39.0 Å². The first-order chi connectivity index (χ1) is 32.2. The Morgan fingerprint density at radius 3 is 2.51 bits per heavy atom. The van der Waals surface area contributed by atoms with Gasteiger partial charge in [0.2, 0.25) is 5.95 Å². The van der Waals surface area contributed by atoms with Crippen molar-refractivity contribution in [2.24, 2.45) is 11.8 Å². The maximum absolute atomic E-state index is 13.2. The average Bonchev–Trinajstić information content (AvgIpc) is 4.01. The number of nitriles is 1. The molecular formula is C41H57N11O12P2SSi. The number of aromatic nitrogens is 8. The number of aliphatic hydroxyl groups is 1. The van der Waals surface area contributed by atoms with E-state index in [9.17, 15) is 29.4 Å². The lowest BCUT2D eigenvalue weighted by molar-refractivity contribution is -0.190. The largest absolute Gasteiger partial charge is 0.566 e. The number of hydrogen-bond donors (Lipinski definition) is 4. The van der Waals surface area contributed by atoms with E-state index in [2.05, 4.69) is 74.4 Å². The van der Waals surface area contributed by atoms with Crippen LogP contribution in [0.3, 0.4) is 0 Å². The Bertz CT molecular complexity index is 2680. The molecule has 8 atom stereocenters. The van der Waals surface area contributed by atoms with E-state index in [1.54, 1.807) is 41.8 Å². The Balaban J connectivity index is 1.32. The first-order valence-electron chi connectivity index (χ1n) is 21.8. The fraction of sp³-hybridized carbons (Fsp3) is 0.561. The molecule has 0 bridgehead atoms. The van der Waals surface area contributed by atoms with Gasteiger partial charge in [0, 0.05) is 18.0 Å². The topological polar surface area (TPSA) is 297 Å². The van der Waals surface area contributed by atoms with Crippen LogP contribution in [0.25, 0.3) is 22.3 Å². The number of nitrogens with one attached hydrogen (secondary N) is 3. The van der Waals surface area contributed by atoms with Gasteiger partial charge in [-0.3, -0.25) is 23.7 Å². The van der Waals surface area contributed by atoms with Crippen molar-refractivity contribution in [1.29, 1.82) is 5.26 Å². The smallest absolute Gasteiger partial charge is 0.488 e. The Labute approximate surface area is 399 Å². The average molecular weight is 1020 g/mol. The SMILES string of the molecule is CC(C)CNc1nc2c(ncn2[C@@H]2O[C@H](CO)C(C)[C@@H]2OP(=S)(OCCC#N)OC[C@H](CO[P+](=O)[O-])O[C@H](CO[Si](C)(C)C(C)(C)C)n2cnc3c(NC(=O)c4ccccc4)ncnc32)c(=O)[nH]1. The van der Waals surface area contributed by atoms with Crippen molar-refractivity contribution in [3.8, 4) is 6.07 Å². The van der Waals surface area contributed by atoms with Crippen molar-refractivity contribution >= 4 is 75.1 Å². The summed E-state index contributed by atoms with van der Waals surface area (Å²) in [5.41, 5.74) is 0.573. The molecular weight excluding hydrogens is 961 g/mol. The summed E-state index contributed by atoms with van der Waals surface area (Å²) in [5, 5.41) is 25.5. The molecule has 1 saturated heterocycles. The second-order valence-electron chi connectivity index (χ2n) is 17.8. The number of amides is 1. The predicted molar refractivity (Wildman–Crippen MR) is 253 cm³/mol. The number of aliphatic hydroxyl groups excluding tert-OH is 1. The van der Waals surface area contributed by atoms with Crippen LogP contribution in [0.1, 0.15) is 70.8 Å². The number of rotatable bonds is 24. The van der Waals surface area contributed by atoms with Crippen LogP contribution in [0.5, 0.6) is 0 Å². The van der Waals surface area contributed by atoms with Gasteiger partial charge in [-0.25, -0.2) is 19.9 Å². The monoisotopic (exact) mass is 1020 g/mol. The number of imidazole rings is 2. The highest BCUT2D eigenvalue weighted by molar-refractivity contribution is 8.07. The third-order valence-electron chi connectivity index (χ3n) is 11.4. The standard InChI is InChI=1S/C41H57N11O12P2SSi/c1-25(2)17-43-40-49-36-32(38(55)50-40)47-24-52(36)39-33(26(3)29(18-53)63-39)64-66(67,59-16-12-15-42)60-20-28(19-58-65(56)57)62-30(21-61-68(7,8)41(4,5)6)51-23-46-31-34(44-22-45-35(31)51)48-37(54)27-13-10-9-11-14-27/h9-11,13-14,22-26,28-30,33,39,53H,12,16-21H2,1-8H3,(H2,43,49,50,55)(H,44,45,48,54)/t26?,28-,29+,30+,33-,39+,66?/m0/s1. The van der Waals surface area contributed by atoms with Gasteiger partial charge in [-0.05, 0) is 52.6 Å². The van der Waals surface area contributed by atoms with Crippen LogP contribution in [0.2, 0.25) is 18.1 Å². The fourth-order valence-electron chi connectivity index (χ4n) is 6.65.